The number of hydrogen-bond acceptors (Lipinski definition) is 4. The first kappa shape index (κ1) is 22.5. The minimum absolute atomic E-state index is 0.268. The minimum atomic E-state index is -3.60. The van der Waals surface area contributed by atoms with E-state index >= 15 is 0 Å². The molecule has 0 saturated carbocycles. The first-order valence-electron chi connectivity index (χ1n) is 10.6. The molecule has 8 heteroatoms. The second-order valence-electron chi connectivity index (χ2n) is 8.01. The number of hydrogen-bond donors (Lipinski definition) is 1. The number of nitrogens with one attached hydrogen (secondary N) is 1. The maximum absolute atomic E-state index is 12.5. The number of sulfonamides is 1. The zero-order valence-corrected chi connectivity index (χ0v) is 19.4. The second-order valence-corrected chi connectivity index (χ2v) is 9.92. The molecule has 3 aromatic carbocycles. The summed E-state index contributed by atoms with van der Waals surface area (Å²) < 4.78 is 27.8. The molecule has 1 heterocycles. The van der Waals surface area contributed by atoms with Crippen molar-refractivity contribution >= 4 is 32.7 Å². The van der Waals surface area contributed by atoms with Crippen LogP contribution in [0, 0.1) is 6.92 Å². The van der Waals surface area contributed by atoms with Crippen molar-refractivity contribution in [1.29, 1.82) is 0 Å². The number of carbonyl (C=O) groups is 1. The number of para-hydroxylation sites is 3. The van der Waals surface area contributed by atoms with Gasteiger partial charge in [-0.3, -0.25) is 9.10 Å². The molecule has 0 aliphatic carbocycles. The Hall–Kier alpha value is -3.65. The highest BCUT2D eigenvalue weighted by molar-refractivity contribution is 7.92. The largest absolute Gasteiger partial charge is 0.350 e. The number of imidazole rings is 1. The molecule has 0 saturated heterocycles. The van der Waals surface area contributed by atoms with Crippen LogP contribution in [0.1, 0.15) is 16.7 Å². The predicted octanol–water partition coefficient (Wildman–Crippen LogP) is 3.48. The molecule has 0 bridgehead atoms. The van der Waals surface area contributed by atoms with Gasteiger partial charge >= 0.3 is 0 Å². The van der Waals surface area contributed by atoms with Crippen LogP contribution in [0.5, 0.6) is 0 Å². The number of rotatable bonds is 8. The first-order chi connectivity index (χ1) is 15.8. The first-order valence-corrected chi connectivity index (χ1v) is 12.4. The van der Waals surface area contributed by atoms with E-state index in [1.165, 1.54) is 0 Å². The summed E-state index contributed by atoms with van der Waals surface area (Å²) in [6, 6.07) is 23.1. The zero-order valence-electron chi connectivity index (χ0n) is 18.6. The Morgan fingerprint density at radius 2 is 1.64 bits per heavy atom. The summed E-state index contributed by atoms with van der Waals surface area (Å²) in [7, 11) is -3.60. The van der Waals surface area contributed by atoms with E-state index in [1.807, 2.05) is 73.9 Å². The van der Waals surface area contributed by atoms with E-state index in [4.69, 9.17) is 0 Å². The van der Waals surface area contributed by atoms with Crippen LogP contribution in [0.3, 0.4) is 0 Å². The molecule has 0 fully saturated rings. The Bertz CT molecular complexity index is 1380. The SMILES string of the molecule is Cc1ccccc1N(CC(=O)NCc1ccc(Cn2cnc3ccccc32)cc1)S(C)(=O)=O. The number of benzene rings is 3. The number of carbonyl (C=O) groups excluding carboxylic acids is 1. The number of aryl methyl sites for hydroxylation is 1. The maximum atomic E-state index is 12.5. The van der Waals surface area contributed by atoms with Gasteiger partial charge in [0.05, 0.1) is 29.3 Å². The van der Waals surface area contributed by atoms with E-state index in [-0.39, 0.29) is 12.5 Å². The van der Waals surface area contributed by atoms with Crippen molar-refractivity contribution in [1.82, 2.24) is 14.9 Å². The third-order valence-corrected chi connectivity index (χ3v) is 6.59. The van der Waals surface area contributed by atoms with Crippen molar-refractivity contribution in [3.63, 3.8) is 0 Å². The van der Waals surface area contributed by atoms with Crippen LogP contribution in [0.25, 0.3) is 11.0 Å². The van der Waals surface area contributed by atoms with Crippen molar-refractivity contribution in [3.05, 3.63) is 95.8 Å². The molecule has 0 aliphatic rings. The molecule has 4 aromatic rings. The molecule has 7 nitrogen and oxygen atoms in total. The van der Waals surface area contributed by atoms with E-state index in [1.54, 1.807) is 12.1 Å². The van der Waals surface area contributed by atoms with Crippen LogP contribution in [0.15, 0.2) is 79.1 Å². The third-order valence-electron chi connectivity index (χ3n) is 5.46. The molecule has 0 unspecified atom stereocenters. The lowest BCUT2D eigenvalue weighted by molar-refractivity contribution is -0.119. The van der Waals surface area contributed by atoms with Gasteiger partial charge in [-0.2, -0.15) is 0 Å². The summed E-state index contributed by atoms with van der Waals surface area (Å²) in [6.07, 6.45) is 2.94. The van der Waals surface area contributed by atoms with Crippen LogP contribution in [-0.4, -0.2) is 36.7 Å². The topological polar surface area (TPSA) is 84.3 Å². The van der Waals surface area contributed by atoms with Gasteiger partial charge in [-0.15, -0.1) is 0 Å². The van der Waals surface area contributed by atoms with Gasteiger partial charge in [0.1, 0.15) is 6.54 Å². The number of fused-ring (bicyclic) bond motifs is 1. The summed E-state index contributed by atoms with van der Waals surface area (Å²) in [5, 5.41) is 2.82. The van der Waals surface area contributed by atoms with Crippen LogP contribution in [0.4, 0.5) is 5.69 Å². The number of amides is 1. The van der Waals surface area contributed by atoms with E-state index in [0.717, 1.165) is 38.3 Å². The standard InChI is InChI=1S/C25H26N4O3S/c1-19-7-3-5-9-23(19)29(33(2,31)32)17-25(30)26-15-20-11-13-21(14-12-20)16-28-18-27-22-8-4-6-10-24(22)28/h3-14,18H,15-17H2,1-2H3,(H,26,30). The van der Waals surface area contributed by atoms with Crippen LogP contribution in [-0.2, 0) is 27.9 Å². The fraction of sp³-hybridized carbons (Fsp3) is 0.200. The lowest BCUT2D eigenvalue weighted by Gasteiger charge is -2.23. The fourth-order valence-corrected chi connectivity index (χ4v) is 4.62. The molecule has 4 rings (SSSR count). The van der Waals surface area contributed by atoms with Gasteiger partial charge in [-0.25, -0.2) is 13.4 Å². The van der Waals surface area contributed by atoms with E-state index in [2.05, 4.69) is 14.9 Å². The molecular weight excluding hydrogens is 436 g/mol. The smallest absolute Gasteiger partial charge is 0.241 e. The maximum Gasteiger partial charge on any atom is 0.241 e. The minimum Gasteiger partial charge on any atom is -0.350 e. The average molecular weight is 463 g/mol. The lowest BCUT2D eigenvalue weighted by Crippen LogP contribution is -2.40. The van der Waals surface area contributed by atoms with Crippen LogP contribution < -0.4 is 9.62 Å². The van der Waals surface area contributed by atoms with E-state index < -0.39 is 10.0 Å². The molecule has 0 aliphatic heterocycles. The highest BCUT2D eigenvalue weighted by Gasteiger charge is 2.22. The van der Waals surface area contributed by atoms with Gasteiger partial charge in [-0.05, 0) is 41.8 Å². The van der Waals surface area contributed by atoms with Crippen molar-refractivity contribution in [3.8, 4) is 0 Å². The van der Waals surface area contributed by atoms with Gasteiger partial charge in [0.15, 0.2) is 0 Å². The van der Waals surface area contributed by atoms with Gasteiger partial charge in [0, 0.05) is 13.1 Å². The fourth-order valence-electron chi connectivity index (χ4n) is 3.71. The monoisotopic (exact) mass is 462 g/mol. The quantitative estimate of drug-likeness (QED) is 0.435. The normalized spacial score (nSPS) is 11.5. The van der Waals surface area contributed by atoms with Crippen molar-refractivity contribution in [2.24, 2.45) is 0 Å². The molecule has 0 radical (unpaired) electrons. The van der Waals surface area contributed by atoms with Crippen LogP contribution >= 0.6 is 0 Å². The molecule has 1 aromatic heterocycles. The Labute approximate surface area is 193 Å². The molecule has 0 spiro atoms. The summed E-state index contributed by atoms with van der Waals surface area (Å²) in [6.45, 7) is 2.57. The molecule has 1 N–H and O–H groups in total. The van der Waals surface area contributed by atoms with E-state index in [9.17, 15) is 13.2 Å². The van der Waals surface area contributed by atoms with Crippen molar-refractivity contribution in [2.75, 3.05) is 17.1 Å². The van der Waals surface area contributed by atoms with Gasteiger partial charge in [-0.1, -0.05) is 54.6 Å². The summed E-state index contributed by atoms with van der Waals surface area (Å²) >= 11 is 0. The average Bonchev–Trinajstić information content (AvgIpc) is 3.20. The number of nitrogens with zero attached hydrogens (tertiary/aromatic N) is 3. The van der Waals surface area contributed by atoms with Gasteiger partial charge < -0.3 is 9.88 Å². The number of aromatic nitrogens is 2. The second kappa shape index (κ2) is 9.46. The zero-order chi connectivity index (χ0) is 23.4. The molecule has 0 atom stereocenters. The Morgan fingerprint density at radius 3 is 2.36 bits per heavy atom. The van der Waals surface area contributed by atoms with Gasteiger partial charge in [0.25, 0.3) is 0 Å². The van der Waals surface area contributed by atoms with Gasteiger partial charge in [0.2, 0.25) is 15.9 Å². The highest BCUT2D eigenvalue weighted by Crippen LogP contribution is 2.21. The Morgan fingerprint density at radius 1 is 0.970 bits per heavy atom. The number of anilines is 1. The molecular formula is C25H26N4O3S. The Kier molecular flexibility index (Phi) is 6.46. The third kappa shape index (κ3) is 5.40. The van der Waals surface area contributed by atoms with Crippen LogP contribution in [0.2, 0.25) is 0 Å². The predicted molar refractivity (Wildman–Crippen MR) is 130 cm³/mol. The Balaban J connectivity index is 1.37. The van der Waals surface area contributed by atoms with E-state index in [0.29, 0.717) is 18.8 Å². The molecule has 1 amide bonds. The molecule has 33 heavy (non-hydrogen) atoms. The summed E-state index contributed by atoms with van der Waals surface area (Å²) in [5.41, 5.74) is 5.40. The van der Waals surface area contributed by atoms with Crippen molar-refractivity contribution < 1.29 is 13.2 Å². The molecule has 170 valence electrons. The summed E-state index contributed by atoms with van der Waals surface area (Å²) in [4.78, 5) is 17.0. The van der Waals surface area contributed by atoms with Crippen molar-refractivity contribution in [2.45, 2.75) is 20.0 Å². The highest BCUT2D eigenvalue weighted by atomic mass is 32.2. The summed E-state index contributed by atoms with van der Waals surface area (Å²) in [5.74, 6) is -0.363. The lowest BCUT2D eigenvalue weighted by atomic mass is 10.1.